The molecule has 0 bridgehead atoms. The lowest BCUT2D eigenvalue weighted by Gasteiger charge is -2.16. The van der Waals surface area contributed by atoms with Crippen LogP contribution in [0, 0.1) is 0 Å². The summed E-state index contributed by atoms with van der Waals surface area (Å²) in [7, 11) is 2.12. The summed E-state index contributed by atoms with van der Waals surface area (Å²) >= 11 is 0. The monoisotopic (exact) mass is 251 g/mol. The number of nitrogens with zero attached hydrogens (tertiary/aromatic N) is 1. The van der Waals surface area contributed by atoms with Crippen LogP contribution in [-0.4, -0.2) is 43.5 Å². The molecule has 1 aliphatic rings. The van der Waals surface area contributed by atoms with Gasteiger partial charge in [-0.1, -0.05) is 6.07 Å². The lowest BCUT2D eigenvalue weighted by molar-refractivity contribution is 0.174. The molecule has 0 saturated heterocycles. The molecule has 0 aliphatic carbocycles. The molecular weight excluding hydrogens is 230 g/mol. The predicted molar refractivity (Wildman–Crippen MR) is 70.1 cm³/mol. The summed E-state index contributed by atoms with van der Waals surface area (Å²) in [6, 6.07) is 6.13. The second-order valence-corrected chi connectivity index (χ2v) is 4.67. The van der Waals surface area contributed by atoms with E-state index in [1.54, 1.807) is 0 Å². The van der Waals surface area contributed by atoms with Crippen LogP contribution in [0.5, 0.6) is 11.5 Å². The average Bonchev–Trinajstić information content (AvgIpc) is 2.84. The van der Waals surface area contributed by atoms with Crippen molar-refractivity contribution in [1.29, 1.82) is 0 Å². The van der Waals surface area contributed by atoms with Crippen LogP contribution in [0.4, 0.5) is 0 Å². The number of aliphatic hydroxyl groups is 1. The Kier molecular flexibility index (Phi) is 4.84. The van der Waals surface area contributed by atoms with Crippen molar-refractivity contribution in [3.8, 4) is 11.5 Å². The van der Waals surface area contributed by atoms with Crippen molar-refractivity contribution < 1.29 is 14.6 Å². The Balaban J connectivity index is 1.76. The van der Waals surface area contributed by atoms with Crippen molar-refractivity contribution in [3.05, 3.63) is 23.8 Å². The van der Waals surface area contributed by atoms with Crippen LogP contribution in [0.25, 0.3) is 0 Å². The number of benzene rings is 1. The number of unbranched alkanes of at least 4 members (excludes halogenated alkanes) is 1. The topological polar surface area (TPSA) is 41.9 Å². The molecule has 0 radical (unpaired) electrons. The maximum atomic E-state index is 8.73. The highest BCUT2D eigenvalue weighted by atomic mass is 16.7. The number of hydrogen-bond donors (Lipinski definition) is 1. The van der Waals surface area contributed by atoms with Crippen LogP contribution in [0.15, 0.2) is 18.2 Å². The molecule has 0 unspecified atom stereocenters. The Bertz CT molecular complexity index is 381. The van der Waals surface area contributed by atoms with E-state index in [0.717, 1.165) is 43.9 Å². The van der Waals surface area contributed by atoms with E-state index in [4.69, 9.17) is 14.6 Å². The summed E-state index contributed by atoms with van der Waals surface area (Å²) in [6.07, 6.45) is 2.94. The van der Waals surface area contributed by atoms with Gasteiger partial charge in [-0.3, -0.25) is 0 Å². The van der Waals surface area contributed by atoms with Crippen molar-refractivity contribution in [1.82, 2.24) is 4.90 Å². The van der Waals surface area contributed by atoms with E-state index >= 15 is 0 Å². The van der Waals surface area contributed by atoms with Gasteiger partial charge in [-0.2, -0.15) is 0 Å². The molecular formula is C14H21NO3. The standard InChI is InChI=1S/C14H21NO3/c1-15(7-2-3-9-16)8-6-12-4-5-13-14(10-12)18-11-17-13/h4-5,10,16H,2-3,6-9,11H2,1H3. The third-order valence-corrected chi connectivity index (χ3v) is 3.17. The number of aliphatic hydroxyl groups excluding tert-OH is 1. The fourth-order valence-electron chi connectivity index (χ4n) is 2.02. The fraction of sp³-hybridized carbons (Fsp3) is 0.571. The SMILES string of the molecule is CN(CCCCO)CCc1ccc2c(c1)OCO2. The third kappa shape index (κ3) is 3.62. The van der Waals surface area contributed by atoms with E-state index in [1.165, 1.54) is 5.56 Å². The molecule has 1 aromatic rings. The van der Waals surface area contributed by atoms with Gasteiger partial charge in [0.1, 0.15) is 0 Å². The van der Waals surface area contributed by atoms with Crippen molar-refractivity contribution >= 4 is 0 Å². The van der Waals surface area contributed by atoms with Gasteiger partial charge in [-0.25, -0.2) is 0 Å². The van der Waals surface area contributed by atoms with E-state index in [2.05, 4.69) is 24.1 Å². The maximum absolute atomic E-state index is 8.73. The van der Waals surface area contributed by atoms with Gasteiger partial charge >= 0.3 is 0 Å². The minimum absolute atomic E-state index is 0.288. The Morgan fingerprint density at radius 2 is 2.00 bits per heavy atom. The number of ether oxygens (including phenoxy) is 2. The lowest BCUT2D eigenvalue weighted by atomic mass is 10.1. The Hall–Kier alpha value is -1.26. The van der Waals surface area contributed by atoms with Crippen LogP contribution < -0.4 is 9.47 Å². The highest BCUT2D eigenvalue weighted by molar-refractivity contribution is 5.44. The molecule has 0 atom stereocenters. The molecule has 0 saturated carbocycles. The molecule has 100 valence electrons. The van der Waals surface area contributed by atoms with Crippen LogP contribution in [0.1, 0.15) is 18.4 Å². The summed E-state index contributed by atoms with van der Waals surface area (Å²) in [4.78, 5) is 2.29. The molecule has 0 amide bonds. The Labute approximate surface area is 108 Å². The first-order chi connectivity index (χ1) is 8.79. The minimum atomic E-state index is 0.288. The van der Waals surface area contributed by atoms with E-state index in [-0.39, 0.29) is 6.61 Å². The molecule has 2 rings (SSSR count). The molecule has 1 heterocycles. The first kappa shape index (κ1) is 13.2. The highest BCUT2D eigenvalue weighted by Gasteiger charge is 2.13. The number of likely N-dealkylation sites (N-methyl/N-ethyl adjacent to an activating group) is 1. The first-order valence-corrected chi connectivity index (χ1v) is 6.47. The summed E-state index contributed by atoms with van der Waals surface area (Å²) in [5.41, 5.74) is 1.27. The van der Waals surface area contributed by atoms with Gasteiger partial charge in [0.05, 0.1) is 0 Å². The summed E-state index contributed by atoms with van der Waals surface area (Å²) < 4.78 is 10.6. The first-order valence-electron chi connectivity index (χ1n) is 6.47. The van der Waals surface area contributed by atoms with Crippen LogP contribution in [0.3, 0.4) is 0 Å². The molecule has 0 fully saturated rings. The van der Waals surface area contributed by atoms with E-state index in [0.29, 0.717) is 6.79 Å². The summed E-state index contributed by atoms with van der Waals surface area (Å²) in [5, 5.41) is 8.73. The molecule has 4 heteroatoms. The van der Waals surface area contributed by atoms with Gasteiger partial charge in [0.25, 0.3) is 0 Å². The Morgan fingerprint density at radius 1 is 1.17 bits per heavy atom. The van der Waals surface area contributed by atoms with E-state index in [9.17, 15) is 0 Å². The molecule has 1 N–H and O–H groups in total. The van der Waals surface area contributed by atoms with Gasteiger partial charge in [0.15, 0.2) is 11.5 Å². The zero-order valence-electron chi connectivity index (χ0n) is 10.9. The predicted octanol–water partition coefficient (Wildman–Crippen LogP) is 1.66. The Morgan fingerprint density at radius 3 is 2.83 bits per heavy atom. The quantitative estimate of drug-likeness (QED) is 0.748. The van der Waals surface area contributed by atoms with Crippen LogP contribution >= 0.6 is 0 Å². The fourth-order valence-corrected chi connectivity index (χ4v) is 2.02. The summed E-state index contributed by atoms with van der Waals surface area (Å²) in [5.74, 6) is 1.70. The molecule has 0 spiro atoms. The van der Waals surface area contributed by atoms with Crippen LogP contribution in [0.2, 0.25) is 0 Å². The molecule has 18 heavy (non-hydrogen) atoms. The van der Waals surface area contributed by atoms with Crippen molar-refractivity contribution in [2.75, 3.05) is 33.5 Å². The van der Waals surface area contributed by atoms with Crippen molar-refractivity contribution in [2.24, 2.45) is 0 Å². The van der Waals surface area contributed by atoms with E-state index < -0.39 is 0 Å². The number of fused-ring (bicyclic) bond motifs is 1. The molecule has 0 aromatic heterocycles. The number of hydrogen-bond acceptors (Lipinski definition) is 4. The minimum Gasteiger partial charge on any atom is -0.454 e. The third-order valence-electron chi connectivity index (χ3n) is 3.17. The maximum Gasteiger partial charge on any atom is 0.231 e. The van der Waals surface area contributed by atoms with Gasteiger partial charge in [0.2, 0.25) is 6.79 Å². The van der Waals surface area contributed by atoms with Crippen LogP contribution in [-0.2, 0) is 6.42 Å². The lowest BCUT2D eigenvalue weighted by Crippen LogP contribution is -2.22. The van der Waals surface area contributed by atoms with Crippen molar-refractivity contribution in [3.63, 3.8) is 0 Å². The normalized spacial score (nSPS) is 13.3. The van der Waals surface area contributed by atoms with Gasteiger partial charge < -0.3 is 19.5 Å². The van der Waals surface area contributed by atoms with Gasteiger partial charge in [-0.05, 0) is 50.6 Å². The van der Waals surface area contributed by atoms with E-state index in [1.807, 2.05) is 6.07 Å². The average molecular weight is 251 g/mol. The van der Waals surface area contributed by atoms with Gasteiger partial charge in [-0.15, -0.1) is 0 Å². The second kappa shape index (κ2) is 6.61. The second-order valence-electron chi connectivity index (χ2n) is 4.67. The van der Waals surface area contributed by atoms with Crippen molar-refractivity contribution in [2.45, 2.75) is 19.3 Å². The largest absolute Gasteiger partial charge is 0.454 e. The molecule has 4 nitrogen and oxygen atoms in total. The summed E-state index contributed by atoms with van der Waals surface area (Å²) in [6.45, 7) is 2.67. The zero-order chi connectivity index (χ0) is 12.8. The molecule has 1 aliphatic heterocycles. The zero-order valence-corrected chi connectivity index (χ0v) is 10.9. The number of rotatable bonds is 7. The molecule has 1 aromatic carbocycles. The smallest absolute Gasteiger partial charge is 0.231 e. The van der Waals surface area contributed by atoms with Gasteiger partial charge in [0, 0.05) is 13.2 Å². The highest BCUT2D eigenvalue weighted by Crippen LogP contribution is 2.32.